The highest BCUT2D eigenvalue weighted by Gasteiger charge is 2.43. The van der Waals surface area contributed by atoms with E-state index in [-0.39, 0.29) is 31.1 Å². The number of hydrogen-bond acceptors (Lipinski definition) is 5. The van der Waals surface area contributed by atoms with Crippen molar-refractivity contribution in [2.24, 2.45) is 0 Å². The van der Waals surface area contributed by atoms with Crippen molar-refractivity contribution < 1.29 is 31.2 Å². The highest BCUT2D eigenvalue weighted by molar-refractivity contribution is 7.89. The number of sulfonamides is 1. The van der Waals surface area contributed by atoms with Crippen LogP contribution in [0.25, 0.3) is 10.8 Å². The van der Waals surface area contributed by atoms with Crippen molar-refractivity contribution in [1.82, 2.24) is 9.37 Å². The molecule has 6 nitrogen and oxygen atoms in total. The summed E-state index contributed by atoms with van der Waals surface area (Å²) in [6, 6.07) is 12.0. The Morgan fingerprint density at radius 2 is 1.58 bits per heavy atom. The Bertz CT molecular complexity index is 922. The number of carbonyl (C=O) groups is 1. The van der Waals surface area contributed by atoms with Gasteiger partial charge >= 0.3 is 12.1 Å². The third-order valence-electron chi connectivity index (χ3n) is 4.00. The van der Waals surface area contributed by atoms with Gasteiger partial charge in [0.25, 0.3) is 0 Å². The molecular weight excluding hydrogens is 373 g/mol. The predicted octanol–water partition coefficient (Wildman–Crippen LogP) is 2.17. The Morgan fingerprint density at radius 3 is 2.19 bits per heavy atom. The monoisotopic (exact) mass is 388 g/mol. The summed E-state index contributed by atoms with van der Waals surface area (Å²) in [4.78, 5) is 15.2. The van der Waals surface area contributed by atoms with Crippen LogP contribution in [-0.2, 0) is 19.7 Å². The molecule has 0 spiro atoms. The maximum atomic E-state index is 12.7. The van der Waals surface area contributed by atoms with Crippen molar-refractivity contribution in [3.63, 3.8) is 0 Å². The maximum absolute atomic E-state index is 12.7. The van der Waals surface area contributed by atoms with Gasteiger partial charge in [-0.25, -0.2) is 13.2 Å². The quantitative estimate of drug-likeness (QED) is 0.806. The van der Waals surface area contributed by atoms with Crippen molar-refractivity contribution >= 4 is 26.8 Å². The lowest BCUT2D eigenvalue weighted by atomic mass is 10.1. The molecule has 0 aliphatic carbocycles. The lowest BCUT2D eigenvalue weighted by molar-refractivity contribution is -0.241. The van der Waals surface area contributed by atoms with Gasteiger partial charge in [-0.2, -0.15) is 17.5 Å². The topological polar surface area (TPSA) is 66.9 Å². The van der Waals surface area contributed by atoms with Crippen molar-refractivity contribution in [2.75, 3.05) is 26.2 Å². The van der Waals surface area contributed by atoms with E-state index in [2.05, 4.69) is 4.84 Å². The van der Waals surface area contributed by atoms with Crippen LogP contribution >= 0.6 is 0 Å². The van der Waals surface area contributed by atoms with Gasteiger partial charge in [-0.3, -0.25) is 0 Å². The van der Waals surface area contributed by atoms with Gasteiger partial charge in [0.1, 0.15) is 0 Å². The minimum Gasteiger partial charge on any atom is -0.361 e. The molecule has 1 fully saturated rings. The van der Waals surface area contributed by atoms with E-state index >= 15 is 0 Å². The smallest absolute Gasteiger partial charge is 0.361 e. The van der Waals surface area contributed by atoms with Crippen LogP contribution in [0.5, 0.6) is 0 Å². The molecule has 26 heavy (non-hydrogen) atoms. The fourth-order valence-electron chi connectivity index (χ4n) is 2.65. The van der Waals surface area contributed by atoms with Gasteiger partial charge in [-0.15, -0.1) is 5.06 Å². The van der Waals surface area contributed by atoms with E-state index in [1.54, 1.807) is 24.3 Å². The largest absolute Gasteiger partial charge is 0.492 e. The van der Waals surface area contributed by atoms with Crippen LogP contribution in [0.3, 0.4) is 0 Å². The number of alkyl halides is 3. The number of fused-ring (bicyclic) bond motifs is 1. The summed E-state index contributed by atoms with van der Waals surface area (Å²) in [6.45, 7) is -0.455. The number of hydrogen-bond donors (Lipinski definition) is 0. The van der Waals surface area contributed by atoms with Gasteiger partial charge in [-0.05, 0) is 22.9 Å². The van der Waals surface area contributed by atoms with Gasteiger partial charge in [-0.1, -0.05) is 30.3 Å². The fraction of sp³-hybridized carbons (Fsp3) is 0.312. The van der Waals surface area contributed by atoms with Crippen LogP contribution in [0.1, 0.15) is 0 Å². The van der Waals surface area contributed by atoms with Crippen molar-refractivity contribution in [3.8, 4) is 0 Å². The number of halogens is 3. The lowest BCUT2D eigenvalue weighted by Gasteiger charge is -2.32. The third kappa shape index (κ3) is 3.81. The fourth-order valence-corrected chi connectivity index (χ4v) is 4.11. The molecule has 1 heterocycles. The lowest BCUT2D eigenvalue weighted by Crippen LogP contribution is -2.50. The van der Waals surface area contributed by atoms with Crippen LogP contribution in [0, 0.1) is 0 Å². The second kappa shape index (κ2) is 6.86. The first-order chi connectivity index (χ1) is 12.2. The van der Waals surface area contributed by atoms with Crippen LogP contribution < -0.4 is 0 Å². The number of nitrogens with zero attached hydrogens (tertiary/aromatic N) is 2. The summed E-state index contributed by atoms with van der Waals surface area (Å²) >= 11 is 0. The van der Waals surface area contributed by atoms with Crippen molar-refractivity contribution in [2.45, 2.75) is 11.1 Å². The van der Waals surface area contributed by atoms with Crippen LogP contribution in [0.2, 0.25) is 0 Å². The van der Waals surface area contributed by atoms with Gasteiger partial charge in [0.05, 0.1) is 4.90 Å². The first-order valence-corrected chi connectivity index (χ1v) is 9.15. The Balaban J connectivity index is 1.70. The number of rotatable bonds is 3. The summed E-state index contributed by atoms with van der Waals surface area (Å²) in [5.74, 6) is -2.32. The SMILES string of the molecule is O=C(ON1CCN(S(=O)(=O)c2ccc3ccccc3c2)CC1)C(F)(F)F. The van der Waals surface area contributed by atoms with E-state index in [1.807, 2.05) is 12.1 Å². The minimum atomic E-state index is -5.09. The first-order valence-electron chi connectivity index (χ1n) is 7.71. The normalized spacial score (nSPS) is 17.3. The predicted molar refractivity (Wildman–Crippen MR) is 86.4 cm³/mol. The Morgan fingerprint density at radius 1 is 0.962 bits per heavy atom. The van der Waals surface area contributed by atoms with E-state index in [9.17, 15) is 26.4 Å². The Labute approximate surface area is 147 Å². The molecule has 0 radical (unpaired) electrons. The molecule has 1 aliphatic heterocycles. The molecule has 140 valence electrons. The van der Waals surface area contributed by atoms with Crippen LogP contribution in [0.15, 0.2) is 47.4 Å². The molecule has 0 atom stereocenters. The van der Waals surface area contributed by atoms with Gasteiger partial charge in [0.15, 0.2) is 0 Å². The van der Waals surface area contributed by atoms with Crippen molar-refractivity contribution in [3.05, 3.63) is 42.5 Å². The molecule has 0 N–H and O–H groups in total. The van der Waals surface area contributed by atoms with Crippen molar-refractivity contribution in [1.29, 1.82) is 0 Å². The molecule has 0 unspecified atom stereocenters. The summed E-state index contributed by atoms with van der Waals surface area (Å²) in [6.07, 6.45) is -5.09. The van der Waals surface area contributed by atoms with Crippen LogP contribution in [-0.4, -0.2) is 56.1 Å². The van der Waals surface area contributed by atoms with E-state index in [1.165, 1.54) is 6.07 Å². The van der Waals surface area contributed by atoms with Gasteiger partial charge in [0, 0.05) is 26.2 Å². The zero-order valence-electron chi connectivity index (χ0n) is 13.4. The number of carbonyl (C=O) groups excluding carboxylic acids is 1. The van der Waals surface area contributed by atoms with E-state index < -0.39 is 22.2 Å². The summed E-state index contributed by atoms with van der Waals surface area (Å²) in [7, 11) is -3.79. The molecule has 3 rings (SSSR count). The molecule has 2 aromatic rings. The Hall–Kier alpha value is -2.17. The van der Waals surface area contributed by atoms with E-state index in [0.717, 1.165) is 20.1 Å². The standard InChI is InChI=1S/C16H15F3N2O4S/c17-16(18,19)15(22)25-20-7-9-21(10-8-20)26(23,24)14-6-5-12-3-1-2-4-13(12)11-14/h1-6,11H,7-10H2. The second-order valence-corrected chi connectivity index (χ2v) is 7.66. The minimum absolute atomic E-state index is 0.0830. The first kappa shape index (κ1) is 18.6. The van der Waals surface area contributed by atoms with Gasteiger partial charge in [0.2, 0.25) is 10.0 Å². The molecule has 1 saturated heterocycles. The maximum Gasteiger partial charge on any atom is 0.492 e. The zero-order valence-corrected chi connectivity index (χ0v) is 14.3. The molecule has 0 aromatic heterocycles. The zero-order chi connectivity index (χ0) is 18.9. The number of hydroxylamine groups is 2. The average Bonchev–Trinajstić information content (AvgIpc) is 2.61. The highest BCUT2D eigenvalue weighted by atomic mass is 32.2. The van der Waals surface area contributed by atoms with E-state index in [0.29, 0.717) is 0 Å². The molecule has 1 aliphatic rings. The molecule has 0 bridgehead atoms. The third-order valence-corrected chi connectivity index (χ3v) is 5.89. The average molecular weight is 388 g/mol. The molecule has 2 aromatic carbocycles. The highest BCUT2D eigenvalue weighted by Crippen LogP contribution is 2.23. The van der Waals surface area contributed by atoms with Crippen LogP contribution in [0.4, 0.5) is 13.2 Å². The summed E-state index contributed by atoms with van der Waals surface area (Å²) in [5.41, 5.74) is 0. The van der Waals surface area contributed by atoms with E-state index in [4.69, 9.17) is 0 Å². The molecule has 0 saturated carbocycles. The molecule has 0 amide bonds. The number of benzene rings is 2. The Kier molecular flexibility index (Phi) is 4.91. The summed E-state index contributed by atoms with van der Waals surface area (Å²) in [5, 5.41) is 2.49. The van der Waals surface area contributed by atoms with Gasteiger partial charge < -0.3 is 4.84 Å². The molecular formula is C16H15F3N2O4S. The summed E-state index contributed by atoms with van der Waals surface area (Å²) < 4.78 is 63.3. The number of piperazine rings is 1. The molecule has 10 heteroatoms. The second-order valence-electron chi connectivity index (χ2n) is 5.72.